The third kappa shape index (κ3) is 7.45. The third-order valence-corrected chi connectivity index (χ3v) is 17.1. The van der Waals surface area contributed by atoms with Crippen molar-refractivity contribution >= 4 is 36.2 Å². The van der Waals surface area contributed by atoms with Gasteiger partial charge in [0, 0.05) is 43.4 Å². The van der Waals surface area contributed by atoms with Gasteiger partial charge in [-0.25, -0.2) is 8.78 Å². The molecule has 1 aromatic heterocycles. The number of carbonyl (C=O) groups excluding carboxylic acids is 2. The van der Waals surface area contributed by atoms with Gasteiger partial charge in [-0.05, 0) is 46.8 Å². The molecule has 4 heterocycles. The second-order valence-electron chi connectivity index (χ2n) is 17.0. The highest BCUT2D eigenvalue weighted by molar-refractivity contribution is 6.99. The monoisotopic (exact) mass is 830 g/mol. The van der Waals surface area contributed by atoms with Crippen LogP contribution in [-0.2, 0) is 22.4 Å². The molecule has 1 N–H and O–H groups in total. The summed E-state index contributed by atoms with van der Waals surface area (Å²) in [6.07, 6.45) is 2.88. The van der Waals surface area contributed by atoms with E-state index < -0.39 is 48.8 Å². The molecule has 0 aliphatic carbocycles. The third-order valence-electron chi connectivity index (χ3n) is 12.1. The summed E-state index contributed by atoms with van der Waals surface area (Å²) in [6.45, 7) is 8.70. The largest absolute Gasteiger partial charge is 0.483 e. The van der Waals surface area contributed by atoms with E-state index in [4.69, 9.17) is 19.2 Å². The second kappa shape index (κ2) is 16.3. The van der Waals surface area contributed by atoms with Crippen LogP contribution >= 0.6 is 0 Å². The van der Waals surface area contributed by atoms with Crippen LogP contribution < -0.4 is 25.9 Å². The molecule has 3 atom stereocenters. The molecular formula is C47H48F2N4O6Si. The average Bonchev–Trinajstić information content (AvgIpc) is 3.61. The summed E-state index contributed by atoms with van der Waals surface area (Å²) in [6, 6.07) is 32.2. The first-order valence-electron chi connectivity index (χ1n) is 20.3. The summed E-state index contributed by atoms with van der Waals surface area (Å²) in [5, 5.41) is 9.32. The Kier molecular flexibility index (Phi) is 11.1. The lowest BCUT2D eigenvalue weighted by Crippen LogP contribution is -2.67. The highest BCUT2D eigenvalue weighted by Crippen LogP contribution is 2.47. The van der Waals surface area contributed by atoms with E-state index in [1.165, 1.54) is 12.3 Å². The Labute approximate surface area is 348 Å². The fourth-order valence-corrected chi connectivity index (χ4v) is 13.5. The van der Waals surface area contributed by atoms with Gasteiger partial charge in [0.05, 0.1) is 18.4 Å². The number of benzene rings is 4. The SMILES string of the molecule is C[C@H]1CC[C@@]2(CC(CO[Si](c3ccccc3)(c3ccccc3)C(C)(C)C)=NO2)[C@H]2CN1C(=O)c1c(OCc3ccccc3)c(=O)c(C(=O)NCc3ccc(F)cc3F)cn12. The zero-order chi connectivity index (χ0) is 42.2. The lowest BCUT2D eigenvalue weighted by molar-refractivity contribution is -0.0656. The summed E-state index contributed by atoms with van der Waals surface area (Å²) >= 11 is 0. The Morgan fingerprint density at radius 3 is 2.22 bits per heavy atom. The minimum Gasteiger partial charge on any atom is -0.483 e. The lowest BCUT2D eigenvalue weighted by Gasteiger charge is -2.43. The molecular weight excluding hydrogens is 783 g/mol. The number of oxime groups is 1. The van der Waals surface area contributed by atoms with Crippen LogP contribution in [0.1, 0.15) is 85.0 Å². The Balaban J connectivity index is 1.17. The van der Waals surface area contributed by atoms with Crippen molar-refractivity contribution in [3.8, 4) is 5.75 Å². The zero-order valence-corrected chi connectivity index (χ0v) is 35.1. The Morgan fingerprint density at radius 1 is 0.933 bits per heavy atom. The van der Waals surface area contributed by atoms with E-state index in [0.29, 0.717) is 25.0 Å². The number of nitrogens with zero attached hydrogens (tertiary/aromatic N) is 3. The van der Waals surface area contributed by atoms with E-state index in [2.05, 4.69) is 50.4 Å². The van der Waals surface area contributed by atoms with E-state index in [-0.39, 0.29) is 60.0 Å². The molecule has 0 saturated carbocycles. The summed E-state index contributed by atoms with van der Waals surface area (Å²) in [4.78, 5) is 51.1. The number of carbonyl (C=O) groups is 2. The molecule has 10 nitrogen and oxygen atoms in total. The van der Waals surface area contributed by atoms with E-state index in [9.17, 15) is 23.2 Å². The van der Waals surface area contributed by atoms with Gasteiger partial charge in [-0.15, -0.1) is 0 Å². The summed E-state index contributed by atoms with van der Waals surface area (Å²) in [7, 11) is -2.93. The predicted octanol–water partition coefficient (Wildman–Crippen LogP) is 6.91. The maximum atomic E-state index is 14.6. The molecule has 1 fully saturated rings. The molecule has 3 aliphatic heterocycles. The van der Waals surface area contributed by atoms with Crippen molar-refractivity contribution in [1.82, 2.24) is 14.8 Å². The van der Waals surface area contributed by atoms with Crippen LogP contribution in [0.3, 0.4) is 0 Å². The van der Waals surface area contributed by atoms with E-state index in [0.717, 1.165) is 28.1 Å². The number of halogens is 2. The fraction of sp³-hybridized carbons (Fsp3) is 0.319. The van der Waals surface area contributed by atoms with E-state index >= 15 is 0 Å². The predicted molar refractivity (Wildman–Crippen MR) is 227 cm³/mol. The quantitative estimate of drug-likeness (QED) is 0.145. The van der Waals surface area contributed by atoms with E-state index in [1.807, 2.05) is 73.7 Å². The minimum absolute atomic E-state index is 0.0158. The summed E-state index contributed by atoms with van der Waals surface area (Å²) in [5.41, 5.74) is -0.541. The number of hydrogen-bond acceptors (Lipinski definition) is 7. The molecule has 2 amide bonds. The van der Waals surface area contributed by atoms with Crippen molar-refractivity contribution in [3.05, 3.63) is 160 Å². The maximum absolute atomic E-state index is 14.6. The number of amides is 2. The maximum Gasteiger partial charge on any atom is 0.274 e. The second-order valence-corrected chi connectivity index (χ2v) is 21.3. The van der Waals surface area contributed by atoms with Gasteiger partial charge in [-0.3, -0.25) is 14.4 Å². The Morgan fingerprint density at radius 2 is 1.58 bits per heavy atom. The van der Waals surface area contributed by atoms with Crippen molar-refractivity contribution in [2.45, 2.75) is 82.8 Å². The van der Waals surface area contributed by atoms with Gasteiger partial charge in [0.2, 0.25) is 5.43 Å². The first kappa shape index (κ1) is 40.8. The van der Waals surface area contributed by atoms with Crippen LogP contribution in [0.15, 0.2) is 125 Å². The molecule has 5 aromatic rings. The molecule has 4 aromatic carbocycles. The number of rotatable bonds is 11. The first-order chi connectivity index (χ1) is 28.8. The van der Waals surface area contributed by atoms with Crippen LogP contribution in [0.5, 0.6) is 5.75 Å². The van der Waals surface area contributed by atoms with Crippen molar-refractivity contribution in [3.63, 3.8) is 0 Å². The molecule has 0 unspecified atom stereocenters. The van der Waals surface area contributed by atoms with Crippen LogP contribution in [0.25, 0.3) is 0 Å². The van der Waals surface area contributed by atoms with Crippen molar-refractivity contribution in [2.75, 3.05) is 13.2 Å². The molecule has 13 heteroatoms. The lowest BCUT2D eigenvalue weighted by atomic mass is 9.84. The Hall–Kier alpha value is -5.92. The van der Waals surface area contributed by atoms with Gasteiger partial charge in [0.15, 0.2) is 17.0 Å². The van der Waals surface area contributed by atoms with Gasteiger partial charge >= 0.3 is 0 Å². The number of aromatic nitrogens is 1. The fourth-order valence-electron chi connectivity index (χ4n) is 9.00. The van der Waals surface area contributed by atoms with Crippen LogP contribution in [0, 0.1) is 11.6 Å². The summed E-state index contributed by atoms with van der Waals surface area (Å²) < 4.78 is 43.4. The topological polar surface area (TPSA) is 111 Å². The molecule has 3 aliphatic rings. The van der Waals surface area contributed by atoms with Gasteiger partial charge in [-0.1, -0.05) is 123 Å². The number of fused-ring (bicyclic) bond motifs is 5. The minimum atomic E-state index is -2.93. The molecule has 0 radical (unpaired) electrons. The number of ether oxygens (including phenoxy) is 1. The molecule has 1 saturated heterocycles. The number of nitrogens with one attached hydrogen (secondary N) is 1. The van der Waals surface area contributed by atoms with Crippen molar-refractivity contribution < 1.29 is 32.4 Å². The average molecular weight is 831 g/mol. The molecule has 60 heavy (non-hydrogen) atoms. The molecule has 2 bridgehead atoms. The summed E-state index contributed by atoms with van der Waals surface area (Å²) in [5.74, 6) is -3.06. The van der Waals surface area contributed by atoms with Crippen LogP contribution in [0.2, 0.25) is 5.04 Å². The highest BCUT2D eigenvalue weighted by Gasteiger charge is 2.56. The smallest absolute Gasteiger partial charge is 0.274 e. The standard InChI is InChI=1S/C47H48F2N4O6Si/c1-31-22-23-47(25-35(51-59-47)30-58-60(46(2,3)4,36-16-10-6-11-17-36)37-18-12-7-13-19-37)40-28-52(31)45(56)41-43(57-29-32-14-8-5-9-15-32)42(54)38(27-53(40)41)44(55)50-26-33-20-21-34(48)24-39(33)49/h5-21,24,27,31,40H,22-23,25-26,28-30H2,1-4H3,(H,50,55)/t31-,40+,47+/m0/s1. The van der Waals surface area contributed by atoms with Crippen LogP contribution in [0.4, 0.5) is 8.78 Å². The normalized spacial score (nSPS) is 19.9. The first-order valence-corrected chi connectivity index (χ1v) is 22.2. The molecule has 310 valence electrons. The van der Waals surface area contributed by atoms with Gasteiger partial charge < -0.3 is 28.8 Å². The Bertz CT molecular complexity index is 2460. The van der Waals surface area contributed by atoms with Crippen molar-refractivity contribution in [1.29, 1.82) is 0 Å². The number of pyridine rings is 1. The highest BCUT2D eigenvalue weighted by atomic mass is 28.4. The van der Waals surface area contributed by atoms with Gasteiger partial charge in [0.1, 0.15) is 23.8 Å². The zero-order valence-electron chi connectivity index (χ0n) is 34.1. The molecule has 8 rings (SSSR count). The van der Waals surface area contributed by atoms with Crippen molar-refractivity contribution in [2.24, 2.45) is 5.16 Å². The number of hydrogen-bond donors (Lipinski definition) is 1. The molecule has 1 spiro atoms. The van der Waals surface area contributed by atoms with Gasteiger partial charge in [0.25, 0.3) is 20.1 Å². The van der Waals surface area contributed by atoms with Crippen LogP contribution in [-0.4, -0.2) is 60.1 Å². The van der Waals surface area contributed by atoms with Gasteiger partial charge in [-0.2, -0.15) is 0 Å². The van der Waals surface area contributed by atoms with E-state index in [1.54, 1.807) is 9.47 Å².